The van der Waals surface area contributed by atoms with E-state index in [1.54, 1.807) is 24.3 Å². The van der Waals surface area contributed by atoms with Crippen molar-refractivity contribution in [3.8, 4) is 0 Å². The van der Waals surface area contributed by atoms with Crippen molar-refractivity contribution in [1.29, 1.82) is 0 Å². The summed E-state index contributed by atoms with van der Waals surface area (Å²) in [7, 11) is 0. The number of amides is 1. The van der Waals surface area contributed by atoms with Gasteiger partial charge >= 0.3 is 0 Å². The molecule has 21 heavy (non-hydrogen) atoms. The molecular formula is C15H12BrClN2OS. The van der Waals surface area contributed by atoms with Gasteiger partial charge in [0.25, 0.3) is 5.91 Å². The molecule has 0 saturated carbocycles. The Labute approximate surface area is 141 Å². The van der Waals surface area contributed by atoms with Crippen molar-refractivity contribution in [2.75, 3.05) is 5.32 Å². The maximum atomic E-state index is 12.3. The number of hydrogen-bond donors (Lipinski definition) is 2. The molecule has 0 unspecified atom stereocenters. The fourth-order valence-corrected chi connectivity index (χ4v) is 2.63. The predicted molar refractivity (Wildman–Crippen MR) is 94.2 cm³/mol. The van der Waals surface area contributed by atoms with E-state index in [1.165, 1.54) is 0 Å². The number of halogens is 2. The minimum absolute atomic E-state index is 0.247. The lowest BCUT2D eigenvalue weighted by Gasteiger charge is -2.12. The molecule has 0 saturated heterocycles. The number of thiocarbonyl (C=S) groups is 1. The minimum atomic E-state index is -0.271. The van der Waals surface area contributed by atoms with E-state index in [2.05, 4.69) is 21.2 Å². The number of anilines is 1. The molecule has 3 nitrogen and oxygen atoms in total. The van der Waals surface area contributed by atoms with Gasteiger partial charge in [-0.3, -0.25) is 4.79 Å². The first-order valence-corrected chi connectivity index (χ1v) is 7.64. The van der Waals surface area contributed by atoms with Gasteiger partial charge in [0.05, 0.1) is 10.7 Å². The van der Waals surface area contributed by atoms with Crippen LogP contribution in [0.1, 0.15) is 21.5 Å². The van der Waals surface area contributed by atoms with Gasteiger partial charge in [0.1, 0.15) is 4.99 Å². The second-order valence-corrected chi connectivity index (χ2v) is 6.15. The minimum Gasteiger partial charge on any atom is -0.389 e. The van der Waals surface area contributed by atoms with Crippen molar-refractivity contribution in [1.82, 2.24) is 0 Å². The van der Waals surface area contributed by atoms with E-state index in [0.717, 1.165) is 10.0 Å². The first-order valence-electron chi connectivity index (χ1n) is 6.06. The lowest BCUT2D eigenvalue weighted by Crippen LogP contribution is -2.18. The van der Waals surface area contributed by atoms with Gasteiger partial charge in [-0.15, -0.1) is 0 Å². The highest BCUT2D eigenvalue weighted by molar-refractivity contribution is 9.10. The Morgan fingerprint density at radius 1 is 1.33 bits per heavy atom. The summed E-state index contributed by atoms with van der Waals surface area (Å²) in [5.74, 6) is -0.271. The van der Waals surface area contributed by atoms with E-state index in [4.69, 9.17) is 29.6 Å². The number of carbonyl (C=O) groups excluding carboxylic acids is 1. The summed E-state index contributed by atoms with van der Waals surface area (Å²) in [5, 5.41) is 3.29. The number of rotatable bonds is 3. The van der Waals surface area contributed by atoms with Crippen LogP contribution in [0.5, 0.6) is 0 Å². The first kappa shape index (κ1) is 15.9. The van der Waals surface area contributed by atoms with E-state index in [1.807, 2.05) is 19.1 Å². The highest BCUT2D eigenvalue weighted by atomic mass is 79.9. The van der Waals surface area contributed by atoms with Crippen molar-refractivity contribution in [2.24, 2.45) is 5.73 Å². The van der Waals surface area contributed by atoms with Crippen molar-refractivity contribution >= 4 is 56.3 Å². The highest BCUT2D eigenvalue weighted by Crippen LogP contribution is 2.25. The monoisotopic (exact) mass is 382 g/mol. The molecule has 0 aliphatic rings. The number of aryl methyl sites for hydroxylation is 1. The molecule has 0 aliphatic carbocycles. The molecule has 0 radical (unpaired) electrons. The van der Waals surface area contributed by atoms with Crippen LogP contribution >= 0.6 is 39.7 Å². The Morgan fingerprint density at radius 2 is 2.05 bits per heavy atom. The largest absolute Gasteiger partial charge is 0.389 e. The summed E-state index contributed by atoms with van der Waals surface area (Å²) in [6.45, 7) is 1.89. The maximum absolute atomic E-state index is 12.3. The standard InChI is InChI=1S/C15H12BrClN2OS/c1-8-3-2-4-12(13(8)14(18)21)19-15(20)9-5-6-10(16)11(17)7-9/h2-7H,1H3,(H2,18,21)(H,19,20). The van der Waals surface area contributed by atoms with E-state index in [0.29, 0.717) is 21.8 Å². The maximum Gasteiger partial charge on any atom is 0.255 e. The van der Waals surface area contributed by atoms with Crippen LogP contribution in [0.2, 0.25) is 5.02 Å². The smallest absolute Gasteiger partial charge is 0.255 e. The molecule has 0 heterocycles. The van der Waals surface area contributed by atoms with E-state index in [9.17, 15) is 4.79 Å². The molecular weight excluding hydrogens is 372 g/mol. The van der Waals surface area contributed by atoms with Crippen molar-refractivity contribution in [3.63, 3.8) is 0 Å². The first-order chi connectivity index (χ1) is 9.90. The summed E-state index contributed by atoms with van der Waals surface area (Å²) in [5.41, 5.74) is 8.35. The molecule has 2 rings (SSSR count). The zero-order valence-corrected chi connectivity index (χ0v) is 14.3. The molecule has 108 valence electrons. The Balaban J connectivity index is 2.34. The second kappa shape index (κ2) is 6.56. The summed E-state index contributed by atoms with van der Waals surface area (Å²) in [6, 6.07) is 10.5. The van der Waals surface area contributed by atoms with E-state index < -0.39 is 0 Å². The van der Waals surface area contributed by atoms with E-state index >= 15 is 0 Å². The molecule has 1 amide bonds. The molecule has 2 aromatic carbocycles. The number of nitrogens with one attached hydrogen (secondary N) is 1. The van der Waals surface area contributed by atoms with Crippen LogP contribution in [0.25, 0.3) is 0 Å². The molecule has 3 N–H and O–H groups in total. The number of benzene rings is 2. The van der Waals surface area contributed by atoms with Gasteiger partial charge in [-0.05, 0) is 52.7 Å². The second-order valence-electron chi connectivity index (χ2n) is 4.44. The topological polar surface area (TPSA) is 55.1 Å². The molecule has 0 fully saturated rings. The summed E-state index contributed by atoms with van der Waals surface area (Å²) in [6.07, 6.45) is 0. The molecule has 0 spiro atoms. The van der Waals surface area contributed by atoms with Gasteiger partial charge in [0, 0.05) is 15.6 Å². The zero-order valence-electron chi connectivity index (χ0n) is 11.1. The Bertz CT molecular complexity index is 734. The average Bonchev–Trinajstić information content (AvgIpc) is 2.41. The molecule has 0 atom stereocenters. The third-order valence-corrected chi connectivity index (χ3v) is 4.39. The quantitative estimate of drug-likeness (QED) is 0.777. The number of carbonyl (C=O) groups is 1. The Morgan fingerprint density at radius 3 is 2.67 bits per heavy atom. The molecule has 0 aliphatic heterocycles. The zero-order chi connectivity index (χ0) is 15.6. The summed E-state index contributed by atoms with van der Waals surface area (Å²) in [4.78, 5) is 12.5. The van der Waals surface area contributed by atoms with Gasteiger partial charge in [0.2, 0.25) is 0 Å². The Kier molecular flexibility index (Phi) is 4.98. The van der Waals surface area contributed by atoms with Crippen LogP contribution in [0, 0.1) is 6.92 Å². The molecule has 2 aromatic rings. The lowest BCUT2D eigenvalue weighted by molar-refractivity contribution is 0.102. The molecule has 0 aromatic heterocycles. The predicted octanol–water partition coefficient (Wildman–Crippen LogP) is 4.30. The van der Waals surface area contributed by atoms with Crippen LogP contribution < -0.4 is 11.1 Å². The van der Waals surface area contributed by atoms with Crippen LogP contribution in [-0.2, 0) is 0 Å². The van der Waals surface area contributed by atoms with Crippen LogP contribution in [0.15, 0.2) is 40.9 Å². The summed E-state index contributed by atoms with van der Waals surface area (Å²) < 4.78 is 0.736. The normalized spacial score (nSPS) is 10.2. The van der Waals surface area contributed by atoms with Crippen molar-refractivity contribution in [3.05, 3.63) is 62.6 Å². The third kappa shape index (κ3) is 3.61. The van der Waals surface area contributed by atoms with Gasteiger partial charge in [-0.2, -0.15) is 0 Å². The van der Waals surface area contributed by atoms with Crippen LogP contribution in [-0.4, -0.2) is 10.9 Å². The van der Waals surface area contributed by atoms with E-state index in [-0.39, 0.29) is 10.9 Å². The highest BCUT2D eigenvalue weighted by Gasteiger charge is 2.13. The Hall–Kier alpha value is -1.43. The lowest BCUT2D eigenvalue weighted by atomic mass is 10.1. The molecule has 0 bridgehead atoms. The van der Waals surface area contributed by atoms with Crippen LogP contribution in [0.3, 0.4) is 0 Å². The third-order valence-electron chi connectivity index (χ3n) is 2.95. The fraction of sp³-hybridized carbons (Fsp3) is 0.0667. The average molecular weight is 384 g/mol. The molecule has 6 heteroatoms. The van der Waals surface area contributed by atoms with Crippen molar-refractivity contribution < 1.29 is 4.79 Å². The van der Waals surface area contributed by atoms with Crippen LogP contribution in [0.4, 0.5) is 5.69 Å². The number of nitrogens with two attached hydrogens (primary N) is 1. The van der Waals surface area contributed by atoms with Gasteiger partial charge < -0.3 is 11.1 Å². The van der Waals surface area contributed by atoms with Gasteiger partial charge in [-0.1, -0.05) is 36.0 Å². The fourth-order valence-electron chi connectivity index (χ4n) is 1.93. The van der Waals surface area contributed by atoms with Crippen molar-refractivity contribution in [2.45, 2.75) is 6.92 Å². The van der Waals surface area contributed by atoms with Gasteiger partial charge in [-0.25, -0.2) is 0 Å². The van der Waals surface area contributed by atoms with Gasteiger partial charge in [0.15, 0.2) is 0 Å². The number of hydrogen-bond acceptors (Lipinski definition) is 2. The SMILES string of the molecule is Cc1cccc(NC(=O)c2ccc(Br)c(Cl)c2)c1C(N)=S. The summed E-state index contributed by atoms with van der Waals surface area (Å²) >= 11 is 14.3.